The normalized spacial score (nSPS) is 23.1. The van der Waals surface area contributed by atoms with Crippen molar-refractivity contribution >= 4 is 23.4 Å². The maximum absolute atomic E-state index is 15.1. The lowest BCUT2D eigenvalue weighted by molar-refractivity contribution is -0.122. The minimum Gasteiger partial charge on any atom is -0.442 e. The molecule has 5 heterocycles. The maximum atomic E-state index is 15.1. The number of aromatic nitrogens is 4. The Balaban J connectivity index is 1.08. The summed E-state index contributed by atoms with van der Waals surface area (Å²) in [4.78, 5) is 37.6. The van der Waals surface area contributed by atoms with Gasteiger partial charge in [0.15, 0.2) is 0 Å². The monoisotopic (exact) mass is 534 g/mol. The average Bonchev–Trinajstić information content (AvgIpc) is 3.73. The second kappa shape index (κ2) is 10.4. The Labute approximate surface area is 223 Å². The first-order valence-electron chi connectivity index (χ1n) is 12.8. The number of rotatable bonds is 8. The standard InChI is InChI=1S/C26H27FN8O4/c27-21-10-17(35-15-19(38-26(35)37)14-34-9-7-30-32-34)4-5-20(21)16-3-6-22(29-12-16)23-11-18(39-31-23)13-33-8-1-2-24(33)25(28)36/h3-7,9-10,12,18-19,24H,1-2,8,11,13-15H2,(H2,28,36)/t18-,19-,24-/m0/s1. The number of hydrogen-bond donors (Lipinski definition) is 1. The average molecular weight is 535 g/mol. The number of amides is 2. The van der Waals surface area contributed by atoms with Gasteiger partial charge in [0.1, 0.15) is 23.7 Å². The molecule has 3 aliphatic rings. The van der Waals surface area contributed by atoms with Gasteiger partial charge >= 0.3 is 6.09 Å². The highest BCUT2D eigenvalue weighted by atomic mass is 19.1. The highest BCUT2D eigenvalue weighted by molar-refractivity contribution is 5.99. The number of anilines is 1. The summed E-state index contributed by atoms with van der Waals surface area (Å²) in [7, 11) is 0. The second-order valence-corrected chi connectivity index (χ2v) is 9.86. The Morgan fingerprint density at radius 3 is 2.82 bits per heavy atom. The Morgan fingerprint density at radius 2 is 2.08 bits per heavy atom. The van der Waals surface area contributed by atoms with E-state index < -0.39 is 18.0 Å². The molecule has 0 radical (unpaired) electrons. The molecule has 2 aromatic heterocycles. The molecule has 3 atom stereocenters. The summed E-state index contributed by atoms with van der Waals surface area (Å²) in [5.74, 6) is -0.789. The molecule has 3 aromatic rings. The largest absolute Gasteiger partial charge is 0.442 e. The van der Waals surface area contributed by atoms with Crippen LogP contribution in [-0.2, 0) is 20.9 Å². The first kappa shape index (κ1) is 24.9. The van der Waals surface area contributed by atoms with Crippen molar-refractivity contribution in [1.29, 1.82) is 0 Å². The van der Waals surface area contributed by atoms with E-state index in [0.717, 1.165) is 19.4 Å². The van der Waals surface area contributed by atoms with Gasteiger partial charge in [-0.2, -0.15) is 0 Å². The summed E-state index contributed by atoms with van der Waals surface area (Å²) >= 11 is 0. The summed E-state index contributed by atoms with van der Waals surface area (Å²) in [5.41, 5.74) is 8.22. The predicted octanol–water partition coefficient (Wildman–Crippen LogP) is 1.95. The van der Waals surface area contributed by atoms with E-state index in [0.29, 0.717) is 47.7 Å². The number of pyridine rings is 1. The molecule has 202 valence electrons. The molecule has 0 bridgehead atoms. The number of cyclic esters (lactones) is 1. The molecule has 6 rings (SSSR count). The van der Waals surface area contributed by atoms with E-state index in [4.69, 9.17) is 15.3 Å². The topological polar surface area (TPSA) is 141 Å². The Morgan fingerprint density at radius 1 is 1.18 bits per heavy atom. The predicted molar refractivity (Wildman–Crippen MR) is 137 cm³/mol. The molecular weight excluding hydrogens is 507 g/mol. The Bertz CT molecular complexity index is 1400. The molecule has 2 N–H and O–H groups in total. The van der Waals surface area contributed by atoms with Gasteiger partial charge in [-0.15, -0.1) is 5.10 Å². The molecule has 2 amide bonds. The third-order valence-corrected chi connectivity index (χ3v) is 7.23. The van der Waals surface area contributed by atoms with Gasteiger partial charge in [-0.3, -0.25) is 19.6 Å². The smallest absolute Gasteiger partial charge is 0.414 e. The van der Waals surface area contributed by atoms with Crippen molar-refractivity contribution < 1.29 is 23.6 Å². The van der Waals surface area contributed by atoms with Crippen molar-refractivity contribution in [2.24, 2.45) is 10.9 Å². The van der Waals surface area contributed by atoms with Crippen LogP contribution in [-0.4, -0.2) is 80.5 Å². The first-order chi connectivity index (χ1) is 18.9. The van der Waals surface area contributed by atoms with Gasteiger partial charge < -0.3 is 15.3 Å². The third-order valence-electron chi connectivity index (χ3n) is 7.23. The molecule has 3 aliphatic heterocycles. The van der Waals surface area contributed by atoms with Crippen LogP contribution < -0.4 is 10.6 Å². The lowest BCUT2D eigenvalue weighted by Crippen LogP contribution is -2.43. The molecule has 0 saturated carbocycles. The zero-order valence-corrected chi connectivity index (χ0v) is 21.0. The number of oxime groups is 1. The minimum atomic E-state index is -0.536. The fourth-order valence-electron chi connectivity index (χ4n) is 5.30. The van der Waals surface area contributed by atoms with Crippen molar-refractivity contribution in [3.63, 3.8) is 0 Å². The lowest BCUT2D eigenvalue weighted by atomic mass is 10.0. The van der Waals surface area contributed by atoms with Gasteiger partial charge in [-0.1, -0.05) is 16.4 Å². The van der Waals surface area contributed by atoms with Crippen LogP contribution in [0.25, 0.3) is 11.1 Å². The van der Waals surface area contributed by atoms with Crippen molar-refractivity contribution in [2.45, 2.75) is 44.1 Å². The number of primary amides is 1. The van der Waals surface area contributed by atoms with Gasteiger partial charge in [0, 0.05) is 36.5 Å². The highest BCUT2D eigenvalue weighted by Crippen LogP contribution is 2.30. The minimum absolute atomic E-state index is 0.181. The van der Waals surface area contributed by atoms with Gasteiger partial charge in [-0.05, 0) is 43.7 Å². The highest BCUT2D eigenvalue weighted by Gasteiger charge is 2.34. The zero-order valence-electron chi connectivity index (χ0n) is 21.0. The van der Waals surface area contributed by atoms with E-state index >= 15 is 4.39 Å². The van der Waals surface area contributed by atoms with Crippen molar-refractivity contribution in [3.8, 4) is 11.1 Å². The second-order valence-electron chi connectivity index (χ2n) is 9.86. The van der Waals surface area contributed by atoms with E-state index in [1.54, 1.807) is 47.5 Å². The van der Waals surface area contributed by atoms with Gasteiger partial charge in [-0.25, -0.2) is 13.9 Å². The summed E-state index contributed by atoms with van der Waals surface area (Å²) in [6.45, 7) is 2.02. The van der Waals surface area contributed by atoms with Gasteiger partial charge in [0.25, 0.3) is 0 Å². The van der Waals surface area contributed by atoms with E-state index in [-0.39, 0.29) is 24.6 Å². The lowest BCUT2D eigenvalue weighted by Gasteiger charge is -2.23. The number of halogens is 1. The molecule has 0 unspecified atom stereocenters. The number of likely N-dealkylation sites (tertiary alicyclic amines) is 1. The van der Waals surface area contributed by atoms with Crippen LogP contribution in [0.15, 0.2) is 54.1 Å². The summed E-state index contributed by atoms with van der Waals surface area (Å²) < 4.78 is 22.1. The molecule has 39 heavy (non-hydrogen) atoms. The molecule has 13 heteroatoms. The number of nitrogens with zero attached hydrogens (tertiary/aromatic N) is 7. The zero-order chi connectivity index (χ0) is 26.9. The molecular formula is C26H27FN8O4. The Hall–Kier alpha value is -4.39. The third kappa shape index (κ3) is 5.17. The molecule has 0 aliphatic carbocycles. The molecule has 1 aromatic carbocycles. The Kier molecular flexibility index (Phi) is 6.65. The van der Waals surface area contributed by atoms with E-state index in [1.807, 2.05) is 4.90 Å². The number of benzene rings is 1. The van der Waals surface area contributed by atoms with Crippen molar-refractivity contribution in [2.75, 3.05) is 24.5 Å². The van der Waals surface area contributed by atoms with Crippen LogP contribution >= 0.6 is 0 Å². The first-order valence-corrected chi connectivity index (χ1v) is 12.8. The van der Waals surface area contributed by atoms with Crippen molar-refractivity contribution in [3.05, 3.63) is 60.4 Å². The van der Waals surface area contributed by atoms with Crippen LogP contribution in [0, 0.1) is 5.82 Å². The quantitative estimate of drug-likeness (QED) is 0.462. The van der Waals surface area contributed by atoms with Crippen LogP contribution in [0.2, 0.25) is 0 Å². The van der Waals surface area contributed by atoms with E-state index in [9.17, 15) is 9.59 Å². The SMILES string of the molecule is NC(=O)[C@@H]1CCCN1C[C@@H]1CC(c2ccc(-c3ccc(N4C[C@H](Cn5ccnn5)OC4=O)cc3F)cn2)=NO1. The molecule has 0 spiro atoms. The van der Waals surface area contributed by atoms with Gasteiger partial charge in [0.05, 0.1) is 36.7 Å². The number of nitrogens with two attached hydrogens (primary N) is 1. The van der Waals surface area contributed by atoms with Crippen LogP contribution in [0.4, 0.5) is 14.9 Å². The van der Waals surface area contributed by atoms with Crippen LogP contribution in [0.5, 0.6) is 0 Å². The number of carbonyl (C=O) groups is 2. The van der Waals surface area contributed by atoms with Crippen LogP contribution in [0.1, 0.15) is 25.0 Å². The van der Waals surface area contributed by atoms with Crippen molar-refractivity contribution in [1.82, 2.24) is 24.9 Å². The maximum Gasteiger partial charge on any atom is 0.414 e. The summed E-state index contributed by atoms with van der Waals surface area (Å²) in [5, 5.41) is 11.8. The van der Waals surface area contributed by atoms with Gasteiger partial charge in [0.2, 0.25) is 5.91 Å². The molecule has 12 nitrogen and oxygen atoms in total. The van der Waals surface area contributed by atoms with E-state index in [1.165, 1.54) is 11.0 Å². The summed E-state index contributed by atoms with van der Waals surface area (Å²) in [6, 6.07) is 7.92. The fraction of sp³-hybridized carbons (Fsp3) is 0.385. The molecule has 2 fully saturated rings. The molecule has 2 saturated heterocycles. The van der Waals surface area contributed by atoms with E-state index in [2.05, 4.69) is 20.5 Å². The number of hydrogen-bond acceptors (Lipinski definition) is 9. The summed E-state index contributed by atoms with van der Waals surface area (Å²) in [6.07, 6.45) is 5.94. The number of ether oxygens (including phenoxy) is 1. The van der Waals surface area contributed by atoms with Crippen LogP contribution in [0.3, 0.4) is 0 Å². The number of carbonyl (C=O) groups excluding carboxylic acids is 2. The fourth-order valence-corrected chi connectivity index (χ4v) is 5.30.